The second kappa shape index (κ2) is 2.61. The number of benzene rings is 1. The van der Waals surface area contributed by atoms with E-state index in [1.165, 1.54) is 5.56 Å². The lowest BCUT2D eigenvalue weighted by atomic mass is 9.98. The number of hydrogen-bond acceptors (Lipinski definition) is 1. The summed E-state index contributed by atoms with van der Waals surface area (Å²) in [6, 6.07) is 10.4. The zero-order chi connectivity index (χ0) is 7.73. The van der Waals surface area contributed by atoms with Crippen molar-refractivity contribution >= 4 is 15.9 Å². The van der Waals surface area contributed by atoms with Crippen LogP contribution in [0.4, 0.5) is 0 Å². The smallest absolute Gasteiger partial charge is 0.0971 e. The minimum absolute atomic E-state index is 0.105. The molecule has 1 nitrogen and oxygen atoms in total. The molecular formula is C9H9BrO. The Balaban J connectivity index is 2.29. The Morgan fingerprint density at radius 1 is 1.18 bits per heavy atom. The van der Waals surface area contributed by atoms with Gasteiger partial charge in [0.05, 0.1) is 17.5 Å². The summed E-state index contributed by atoms with van der Waals surface area (Å²) in [5.74, 6) is 0. The Bertz CT molecular complexity index is 241. The van der Waals surface area contributed by atoms with Crippen LogP contribution in [0.1, 0.15) is 5.56 Å². The Hall–Kier alpha value is -0.340. The molecule has 1 saturated heterocycles. The fraction of sp³-hybridized carbons (Fsp3) is 0.333. The molecule has 0 saturated carbocycles. The highest BCUT2D eigenvalue weighted by Gasteiger charge is 2.37. The van der Waals surface area contributed by atoms with Crippen LogP contribution in [0.25, 0.3) is 0 Å². The van der Waals surface area contributed by atoms with Crippen LogP contribution in [-0.2, 0) is 9.06 Å². The molecule has 1 aromatic carbocycles. The summed E-state index contributed by atoms with van der Waals surface area (Å²) in [6.07, 6.45) is 0. The van der Waals surface area contributed by atoms with Gasteiger partial charge in [0, 0.05) is 0 Å². The van der Waals surface area contributed by atoms with E-state index >= 15 is 0 Å². The Morgan fingerprint density at radius 3 is 2.27 bits per heavy atom. The van der Waals surface area contributed by atoms with E-state index in [0.29, 0.717) is 0 Å². The first-order valence-corrected chi connectivity index (χ1v) is 4.43. The van der Waals surface area contributed by atoms with E-state index in [1.807, 2.05) is 6.07 Å². The molecule has 1 aliphatic heterocycles. The van der Waals surface area contributed by atoms with Gasteiger partial charge in [-0.1, -0.05) is 46.3 Å². The molecule has 1 aliphatic rings. The van der Waals surface area contributed by atoms with Gasteiger partial charge in [-0.2, -0.15) is 0 Å². The summed E-state index contributed by atoms with van der Waals surface area (Å²) in [5, 5.41) is 0. The van der Waals surface area contributed by atoms with Crippen LogP contribution < -0.4 is 0 Å². The average molecular weight is 213 g/mol. The van der Waals surface area contributed by atoms with Crippen molar-refractivity contribution in [3.8, 4) is 0 Å². The van der Waals surface area contributed by atoms with Crippen LogP contribution >= 0.6 is 15.9 Å². The number of halogens is 1. The van der Waals surface area contributed by atoms with Crippen LogP contribution in [0.3, 0.4) is 0 Å². The Morgan fingerprint density at radius 2 is 1.82 bits per heavy atom. The van der Waals surface area contributed by atoms with Crippen molar-refractivity contribution < 1.29 is 4.74 Å². The van der Waals surface area contributed by atoms with Gasteiger partial charge in [-0.15, -0.1) is 0 Å². The number of hydrogen-bond donors (Lipinski definition) is 0. The van der Waals surface area contributed by atoms with Crippen molar-refractivity contribution in [2.24, 2.45) is 0 Å². The molecule has 58 valence electrons. The lowest BCUT2D eigenvalue weighted by Gasteiger charge is -2.36. The molecule has 0 N–H and O–H groups in total. The maximum atomic E-state index is 5.15. The summed E-state index contributed by atoms with van der Waals surface area (Å²) in [7, 11) is 0. The van der Waals surface area contributed by atoms with Crippen LogP contribution in [0.5, 0.6) is 0 Å². The fourth-order valence-corrected chi connectivity index (χ4v) is 1.77. The summed E-state index contributed by atoms with van der Waals surface area (Å²) in [5.41, 5.74) is 1.31. The molecule has 2 heteroatoms. The molecule has 2 rings (SSSR count). The molecule has 1 aromatic rings. The molecule has 0 spiro atoms. The number of rotatable bonds is 1. The van der Waals surface area contributed by atoms with E-state index in [4.69, 9.17) is 4.74 Å². The largest absolute Gasteiger partial charge is 0.378 e. The normalized spacial score (nSPS) is 20.8. The zero-order valence-electron chi connectivity index (χ0n) is 6.09. The molecule has 0 aliphatic carbocycles. The predicted octanol–water partition coefficient (Wildman–Crippen LogP) is 2.31. The second-order valence-corrected chi connectivity index (χ2v) is 4.34. The van der Waals surface area contributed by atoms with Crippen molar-refractivity contribution in [1.82, 2.24) is 0 Å². The van der Waals surface area contributed by atoms with E-state index in [0.717, 1.165) is 13.2 Å². The van der Waals surface area contributed by atoms with Crippen molar-refractivity contribution in [3.63, 3.8) is 0 Å². The highest BCUT2D eigenvalue weighted by Crippen LogP contribution is 2.37. The van der Waals surface area contributed by atoms with Gasteiger partial charge in [-0.25, -0.2) is 0 Å². The van der Waals surface area contributed by atoms with E-state index in [1.54, 1.807) is 0 Å². The summed E-state index contributed by atoms with van der Waals surface area (Å²) >= 11 is 3.65. The molecule has 1 fully saturated rings. The van der Waals surface area contributed by atoms with Gasteiger partial charge in [0.15, 0.2) is 0 Å². The first-order chi connectivity index (χ1) is 5.31. The highest BCUT2D eigenvalue weighted by molar-refractivity contribution is 9.09. The standard InChI is InChI=1S/C9H9BrO/c10-9(6-11-7-9)8-4-2-1-3-5-8/h1-5H,6-7H2. The number of ether oxygens (including phenoxy) is 1. The van der Waals surface area contributed by atoms with Crippen LogP contribution in [0, 0.1) is 0 Å². The summed E-state index contributed by atoms with van der Waals surface area (Å²) in [6.45, 7) is 1.58. The minimum Gasteiger partial charge on any atom is -0.378 e. The number of alkyl halides is 1. The zero-order valence-corrected chi connectivity index (χ0v) is 7.67. The SMILES string of the molecule is BrC1(c2ccccc2)COC1. The average Bonchev–Trinajstić information content (AvgIpc) is 2.02. The van der Waals surface area contributed by atoms with E-state index in [2.05, 4.69) is 40.2 Å². The third kappa shape index (κ3) is 1.21. The van der Waals surface area contributed by atoms with Crippen molar-refractivity contribution in [3.05, 3.63) is 35.9 Å². The Kier molecular flexibility index (Phi) is 1.74. The molecule has 0 unspecified atom stereocenters. The summed E-state index contributed by atoms with van der Waals surface area (Å²) < 4.78 is 5.25. The van der Waals surface area contributed by atoms with Gasteiger partial charge in [0.1, 0.15) is 0 Å². The van der Waals surface area contributed by atoms with E-state index in [9.17, 15) is 0 Å². The third-order valence-electron chi connectivity index (χ3n) is 1.95. The first kappa shape index (κ1) is 7.32. The lowest BCUT2D eigenvalue weighted by molar-refractivity contribution is -0.00698. The van der Waals surface area contributed by atoms with Crippen molar-refractivity contribution in [2.75, 3.05) is 13.2 Å². The fourth-order valence-electron chi connectivity index (χ4n) is 1.18. The van der Waals surface area contributed by atoms with Gasteiger partial charge in [0.25, 0.3) is 0 Å². The van der Waals surface area contributed by atoms with Gasteiger partial charge >= 0.3 is 0 Å². The molecule has 11 heavy (non-hydrogen) atoms. The van der Waals surface area contributed by atoms with Crippen molar-refractivity contribution in [1.29, 1.82) is 0 Å². The summed E-state index contributed by atoms with van der Waals surface area (Å²) in [4.78, 5) is 0. The van der Waals surface area contributed by atoms with Gasteiger partial charge < -0.3 is 4.74 Å². The lowest BCUT2D eigenvalue weighted by Crippen LogP contribution is -2.40. The minimum atomic E-state index is 0.105. The maximum Gasteiger partial charge on any atom is 0.0971 e. The molecule has 0 radical (unpaired) electrons. The van der Waals surface area contributed by atoms with Crippen molar-refractivity contribution in [2.45, 2.75) is 4.32 Å². The molecule has 1 heterocycles. The van der Waals surface area contributed by atoms with Gasteiger partial charge in [0.2, 0.25) is 0 Å². The van der Waals surface area contributed by atoms with Gasteiger partial charge in [-0.3, -0.25) is 0 Å². The van der Waals surface area contributed by atoms with Gasteiger partial charge in [-0.05, 0) is 5.56 Å². The van der Waals surface area contributed by atoms with Crippen LogP contribution in [0.2, 0.25) is 0 Å². The van der Waals surface area contributed by atoms with Crippen LogP contribution in [-0.4, -0.2) is 13.2 Å². The highest BCUT2D eigenvalue weighted by atomic mass is 79.9. The third-order valence-corrected chi connectivity index (χ3v) is 2.87. The first-order valence-electron chi connectivity index (χ1n) is 3.63. The predicted molar refractivity (Wildman–Crippen MR) is 47.9 cm³/mol. The Labute approximate surface area is 74.5 Å². The van der Waals surface area contributed by atoms with Crippen LogP contribution in [0.15, 0.2) is 30.3 Å². The van der Waals surface area contributed by atoms with E-state index < -0.39 is 0 Å². The quantitative estimate of drug-likeness (QED) is 0.650. The molecule has 0 aromatic heterocycles. The van der Waals surface area contributed by atoms with E-state index in [-0.39, 0.29) is 4.32 Å². The monoisotopic (exact) mass is 212 g/mol. The molecule has 0 atom stereocenters. The molecule has 0 bridgehead atoms. The maximum absolute atomic E-state index is 5.15. The molecule has 0 amide bonds. The topological polar surface area (TPSA) is 9.23 Å². The molecular weight excluding hydrogens is 204 g/mol. The second-order valence-electron chi connectivity index (χ2n) is 2.82.